The molecule has 6 nitrogen and oxygen atoms in total. The Morgan fingerprint density at radius 2 is 2.27 bits per heavy atom. The third-order valence-corrected chi connectivity index (χ3v) is 5.86. The third kappa shape index (κ3) is 3.62. The van der Waals surface area contributed by atoms with Crippen LogP contribution in [0.15, 0.2) is 23.6 Å². The van der Waals surface area contributed by atoms with E-state index in [2.05, 4.69) is 15.2 Å². The summed E-state index contributed by atoms with van der Waals surface area (Å²) in [4.78, 5) is 19.5. The Bertz CT molecular complexity index is 786. The average molecular weight is 373 g/mol. The molecule has 2 aliphatic heterocycles. The zero-order valence-electron chi connectivity index (χ0n) is 14.9. The molecule has 1 fully saturated rings. The van der Waals surface area contributed by atoms with Crippen molar-refractivity contribution in [1.82, 2.24) is 10.3 Å². The summed E-state index contributed by atoms with van der Waals surface area (Å²) in [6.45, 7) is 3.03. The van der Waals surface area contributed by atoms with Gasteiger partial charge in [-0.25, -0.2) is 4.98 Å². The summed E-state index contributed by atoms with van der Waals surface area (Å²) in [5, 5.41) is 6.11. The van der Waals surface area contributed by atoms with E-state index in [0.29, 0.717) is 19.6 Å². The molecule has 0 bridgehead atoms. The molecular formula is C19H23N3O3S. The molecule has 0 spiro atoms. The van der Waals surface area contributed by atoms with E-state index in [9.17, 15) is 4.79 Å². The number of thiazole rings is 1. The van der Waals surface area contributed by atoms with E-state index in [1.165, 1.54) is 12.8 Å². The molecule has 1 aromatic carbocycles. The van der Waals surface area contributed by atoms with E-state index in [1.807, 2.05) is 23.6 Å². The number of anilines is 1. The van der Waals surface area contributed by atoms with Crippen LogP contribution in [0.2, 0.25) is 0 Å². The van der Waals surface area contributed by atoms with Gasteiger partial charge in [0.05, 0.1) is 25.3 Å². The van der Waals surface area contributed by atoms with Crippen LogP contribution >= 0.6 is 11.3 Å². The Labute approximate surface area is 157 Å². The normalized spacial score (nSPS) is 19.0. The van der Waals surface area contributed by atoms with Crippen molar-refractivity contribution >= 4 is 22.4 Å². The second kappa shape index (κ2) is 7.53. The molecule has 1 atom stereocenters. The Kier molecular flexibility index (Phi) is 4.97. The van der Waals surface area contributed by atoms with Crippen molar-refractivity contribution in [2.24, 2.45) is 5.92 Å². The van der Waals surface area contributed by atoms with Gasteiger partial charge in [-0.15, -0.1) is 11.3 Å². The lowest BCUT2D eigenvalue weighted by Crippen LogP contribution is -2.37. The molecule has 2 aliphatic rings. The number of aromatic nitrogens is 1. The Balaban J connectivity index is 1.32. The van der Waals surface area contributed by atoms with Gasteiger partial charge in [-0.05, 0) is 30.9 Å². The van der Waals surface area contributed by atoms with Crippen LogP contribution in [0, 0.1) is 5.92 Å². The minimum atomic E-state index is -0.174. The van der Waals surface area contributed by atoms with Gasteiger partial charge in [0.25, 0.3) is 0 Å². The van der Waals surface area contributed by atoms with Gasteiger partial charge in [-0.1, -0.05) is 6.07 Å². The van der Waals surface area contributed by atoms with Crippen molar-refractivity contribution in [3.8, 4) is 11.5 Å². The predicted molar refractivity (Wildman–Crippen MR) is 101 cm³/mol. The summed E-state index contributed by atoms with van der Waals surface area (Å²) in [6, 6.07) is 5.74. The number of hydrogen-bond acceptors (Lipinski definition) is 6. The molecule has 1 amide bonds. The lowest BCUT2D eigenvalue weighted by Gasteiger charge is -2.24. The first kappa shape index (κ1) is 17.1. The summed E-state index contributed by atoms with van der Waals surface area (Å²) >= 11 is 1.66. The minimum absolute atomic E-state index is 0.0159. The number of hydrogen-bond donors (Lipinski definition) is 1. The SMILES string of the molecule is COc1ccc2c(c1)OC[C@H](C(=O)NCc1csc(N3CCCC3)n1)C2. The molecule has 0 unspecified atom stereocenters. The second-order valence-electron chi connectivity index (χ2n) is 6.72. The van der Waals surface area contributed by atoms with E-state index in [1.54, 1.807) is 18.4 Å². The topological polar surface area (TPSA) is 63.7 Å². The third-order valence-electron chi connectivity index (χ3n) is 4.91. The molecule has 7 heteroatoms. The van der Waals surface area contributed by atoms with Crippen LogP contribution in [0.1, 0.15) is 24.1 Å². The van der Waals surface area contributed by atoms with E-state index in [-0.39, 0.29) is 11.8 Å². The number of carbonyl (C=O) groups is 1. The maximum absolute atomic E-state index is 12.5. The first-order valence-electron chi connectivity index (χ1n) is 8.99. The molecule has 2 aromatic rings. The molecule has 26 heavy (non-hydrogen) atoms. The standard InChI is InChI=1S/C19H23N3O3S/c1-24-16-5-4-13-8-14(11-25-17(13)9-16)18(23)20-10-15-12-26-19(21-15)22-6-2-3-7-22/h4-5,9,12,14H,2-3,6-8,10-11H2,1H3,(H,20,23)/t14-/m1/s1. The van der Waals surface area contributed by atoms with Gasteiger partial charge in [0, 0.05) is 24.5 Å². The summed E-state index contributed by atoms with van der Waals surface area (Å²) in [6.07, 6.45) is 3.16. The molecule has 1 N–H and O–H groups in total. The number of benzene rings is 1. The number of carbonyl (C=O) groups excluding carboxylic acids is 1. The van der Waals surface area contributed by atoms with Crippen molar-refractivity contribution in [3.05, 3.63) is 34.8 Å². The fourth-order valence-corrected chi connectivity index (χ4v) is 4.28. The highest BCUT2D eigenvalue weighted by molar-refractivity contribution is 7.13. The van der Waals surface area contributed by atoms with E-state index < -0.39 is 0 Å². The highest BCUT2D eigenvalue weighted by Crippen LogP contribution is 2.31. The van der Waals surface area contributed by atoms with Crippen LogP contribution < -0.4 is 19.7 Å². The first-order chi connectivity index (χ1) is 12.7. The highest BCUT2D eigenvalue weighted by atomic mass is 32.1. The van der Waals surface area contributed by atoms with Gasteiger partial charge in [-0.2, -0.15) is 0 Å². The zero-order valence-corrected chi connectivity index (χ0v) is 15.7. The van der Waals surface area contributed by atoms with Crippen LogP contribution in [-0.4, -0.2) is 37.7 Å². The molecule has 0 radical (unpaired) electrons. The monoisotopic (exact) mass is 373 g/mol. The first-order valence-corrected chi connectivity index (χ1v) is 9.87. The quantitative estimate of drug-likeness (QED) is 0.873. The largest absolute Gasteiger partial charge is 0.497 e. The smallest absolute Gasteiger partial charge is 0.227 e. The number of methoxy groups -OCH3 is 1. The van der Waals surface area contributed by atoms with Crippen molar-refractivity contribution in [3.63, 3.8) is 0 Å². The number of rotatable bonds is 5. The van der Waals surface area contributed by atoms with Crippen LogP contribution in [0.25, 0.3) is 0 Å². The van der Waals surface area contributed by atoms with Crippen LogP contribution in [0.3, 0.4) is 0 Å². The maximum Gasteiger partial charge on any atom is 0.227 e. The van der Waals surface area contributed by atoms with Gasteiger partial charge in [0.2, 0.25) is 5.91 Å². The molecule has 1 saturated heterocycles. The van der Waals surface area contributed by atoms with Crippen molar-refractivity contribution < 1.29 is 14.3 Å². The van der Waals surface area contributed by atoms with E-state index in [4.69, 9.17) is 9.47 Å². The number of ether oxygens (including phenoxy) is 2. The molecule has 0 aliphatic carbocycles. The summed E-state index contributed by atoms with van der Waals surface area (Å²) in [5.74, 6) is 1.42. The number of nitrogens with one attached hydrogen (secondary N) is 1. The summed E-state index contributed by atoms with van der Waals surface area (Å²) in [5.41, 5.74) is 1.97. The molecule has 4 rings (SSSR count). The van der Waals surface area contributed by atoms with Crippen molar-refractivity contribution in [2.75, 3.05) is 31.7 Å². The Morgan fingerprint density at radius 3 is 3.08 bits per heavy atom. The lowest BCUT2D eigenvalue weighted by molar-refractivity contribution is -0.126. The van der Waals surface area contributed by atoms with Crippen LogP contribution in [0.5, 0.6) is 11.5 Å². The number of nitrogens with zero attached hydrogens (tertiary/aromatic N) is 2. The van der Waals surface area contributed by atoms with Crippen molar-refractivity contribution in [1.29, 1.82) is 0 Å². The van der Waals surface area contributed by atoms with E-state index in [0.717, 1.165) is 41.0 Å². The summed E-state index contributed by atoms with van der Waals surface area (Å²) in [7, 11) is 1.63. The fourth-order valence-electron chi connectivity index (χ4n) is 3.40. The van der Waals surface area contributed by atoms with Crippen LogP contribution in [-0.2, 0) is 17.8 Å². The van der Waals surface area contributed by atoms with Gasteiger partial charge in [-0.3, -0.25) is 4.79 Å². The van der Waals surface area contributed by atoms with Gasteiger partial charge < -0.3 is 19.7 Å². The number of fused-ring (bicyclic) bond motifs is 1. The molecule has 0 saturated carbocycles. The zero-order chi connectivity index (χ0) is 17.9. The van der Waals surface area contributed by atoms with Crippen molar-refractivity contribution in [2.45, 2.75) is 25.8 Å². The Hall–Kier alpha value is -2.28. The molecule has 138 valence electrons. The highest BCUT2D eigenvalue weighted by Gasteiger charge is 2.26. The molecular weight excluding hydrogens is 350 g/mol. The Morgan fingerprint density at radius 1 is 1.42 bits per heavy atom. The second-order valence-corrected chi connectivity index (χ2v) is 7.56. The minimum Gasteiger partial charge on any atom is -0.497 e. The average Bonchev–Trinajstić information content (AvgIpc) is 3.36. The van der Waals surface area contributed by atoms with Crippen LogP contribution in [0.4, 0.5) is 5.13 Å². The molecule has 3 heterocycles. The maximum atomic E-state index is 12.5. The predicted octanol–water partition coefficient (Wildman–Crippen LogP) is 2.62. The van der Waals surface area contributed by atoms with Gasteiger partial charge in [0.15, 0.2) is 5.13 Å². The number of amides is 1. The van der Waals surface area contributed by atoms with E-state index >= 15 is 0 Å². The molecule has 1 aromatic heterocycles. The van der Waals surface area contributed by atoms with Gasteiger partial charge in [0.1, 0.15) is 18.1 Å². The summed E-state index contributed by atoms with van der Waals surface area (Å²) < 4.78 is 11.0. The lowest BCUT2D eigenvalue weighted by atomic mass is 9.96. The van der Waals surface area contributed by atoms with Gasteiger partial charge >= 0.3 is 0 Å². The fraction of sp³-hybridized carbons (Fsp3) is 0.474.